The van der Waals surface area contributed by atoms with Crippen LogP contribution in [0.3, 0.4) is 0 Å². The lowest BCUT2D eigenvalue weighted by Gasteiger charge is -2.15. The average molecular weight is 365 g/mol. The Bertz CT molecular complexity index is 1060. The van der Waals surface area contributed by atoms with E-state index in [0.717, 1.165) is 18.2 Å². The molecule has 0 unspecified atom stereocenters. The van der Waals surface area contributed by atoms with E-state index in [4.69, 9.17) is 0 Å². The lowest BCUT2D eigenvalue weighted by molar-refractivity contribution is -0.121. The summed E-state index contributed by atoms with van der Waals surface area (Å²) in [5.41, 5.74) is 0.282. The van der Waals surface area contributed by atoms with Gasteiger partial charge in [0.05, 0.1) is 23.5 Å². The van der Waals surface area contributed by atoms with Gasteiger partial charge in [0, 0.05) is 20.0 Å². The number of carbonyl (C=O) groups excluding carboxylic acids is 1. The van der Waals surface area contributed by atoms with Crippen molar-refractivity contribution in [2.75, 3.05) is 0 Å². The maximum absolute atomic E-state index is 13.8. The molecule has 0 radical (unpaired) electrons. The predicted octanol–water partition coefficient (Wildman–Crippen LogP) is 3.25. The topological polar surface area (TPSA) is 74.8 Å². The summed E-state index contributed by atoms with van der Waals surface area (Å²) in [5, 5.41) is 2.54. The molecule has 3 rings (SSSR count). The molecule has 26 heavy (non-hydrogen) atoms. The molecular formula is C18H18F3N3O2. The highest BCUT2D eigenvalue weighted by Gasteiger charge is 2.16. The zero-order valence-electron chi connectivity index (χ0n) is 13.6. The second-order valence-electron chi connectivity index (χ2n) is 5.82. The summed E-state index contributed by atoms with van der Waals surface area (Å²) in [5.74, 6) is -2.74. The first kappa shape index (κ1) is 17.7. The molecule has 3 aromatic rings. The van der Waals surface area contributed by atoms with Crippen molar-refractivity contribution in [1.82, 2.24) is 15.3 Å². The number of nitrogens with zero attached hydrogens (tertiary/aromatic N) is 1. The van der Waals surface area contributed by atoms with Gasteiger partial charge in [0.2, 0.25) is 11.9 Å². The molecule has 1 atom stereocenters. The molecule has 2 aromatic heterocycles. The fraction of sp³-hybridized carbons (Fsp3) is 0.167. The molecule has 2 heterocycles. The summed E-state index contributed by atoms with van der Waals surface area (Å²) in [6.07, 6.45) is -0.295. The maximum atomic E-state index is 13.8. The zero-order chi connectivity index (χ0) is 18.8. The van der Waals surface area contributed by atoms with Crippen LogP contribution in [0.5, 0.6) is 0 Å². The van der Waals surface area contributed by atoms with E-state index in [1.165, 1.54) is 25.1 Å². The monoisotopic (exact) mass is 365 g/mol. The van der Waals surface area contributed by atoms with Crippen LogP contribution in [0, 0.1) is 17.6 Å². The van der Waals surface area contributed by atoms with E-state index >= 15 is 0 Å². The minimum absolute atomic E-state index is 0. The SMILES string of the molecule is C[C@H](NC(=O)Cc1cc2nc(F)ccc2[nH]c1=O)c1ccc(F)cc1F.[HH].[HH]. The van der Waals surface area contributed by atoms with Crippen molar-refractivity contribution < 1.29 is 20.8 Å². The number of pyridine rings is 2. The molecule has 1 amide bonds. The Hall–Kier alpha value is -3.16. The summed E-state index contributed by atoms with van der Waals surface area (Å²) < 4.78 is 39.9. The molecule has 0 saturated heterocycles. The normalized spacial score (nSPS) is 12.2. The van der Waals surface area contributed by atoms with E-state index in [1.54, 1.807) is 0 Å². The van der Waals surface area contributed by atoms with Crippen molar-refractivity contribution in [1.29, 1.82) is 0 Å². The minimum Gasteiger partial charge on any atom is -0.349 e. The quantitative estimate of drug-likeness (QED) is 0.697. The summed E-state index contributed by atoms with van der Waals surface area (Å²) in [6, 6.07) is 6.16. The van der Waals surface area contributed by atoms with Crippen LogP contribution in [0.25, 0.3) is 11.0 Å². The largest absolute Gasteiger partial charge is 0.349 e. The third-order valence-electron chi connectivity index (χ3n) is 3.90. The third kappa shape index (κ3) is 3.74. The van der Waals surface area contributed by atoms with Crippen LogP contribution in [0.1, 0.15) is 26.9 Å². The number of aromatic amines is 1. The number of rotatable bonds is 4. The van der Waals surface area contributed by atoms with E-state index in [1.807, 2.05) is 0 Å². The van der Waals surface area contributed by atoms with Crippen molar-refractivity contribution in [2.24, 2.45) is 0 Å². The van der Waals surface area contributed by atoms with Crippen molar-refractivity contribution in [2.45, 2.75) is 19.4 Å². The molecule has 8 heteroatoms. The first-order valence-electron chi connectivity index (χ1n) is 7.76. The van der Waals surface area contributed by atoms with Gasteiger partial charge in [0.1, 0.15) is 11.6 Å². The number of nitrogens with one attached hydrogen (secondary N) is 2. The van der Waals surface area contributed by atoms with Crippen LogP contribution >= 0.6 is 0 Å². The minimum atomic E-state index is -0.777. The fourth-order valence-corrected chi connectivity index (χ4v) is 2.63. The second-order valence-corrected chi connectivity index (χ2v) is 5.82. The highest BCUT2D eigenvalue weighted by atomic mass is 19.1. The Morgan fingerprint density at radius 3 is 2.73 bits per heavy atom. The summed E-state index contributed by atoms with van der Waals surface area (Å²) in [4.78, 5) is 30.4. The molecule has 5 nitrogen and oxygen atoms in total. The van der Waals surface area contributed by atoms with E-state index in [9.17, 15) is 22.8 Å². The van der Waals surface area contributed by atoms with Gasteiger partial charge in [-0.2, -0.15) is 4.39 Å². The van der Waals surface area contributed by atoms with Crippen LogP contribution in [0.2, 0.25) is 0 Å². The summed E-state index contributed by atoms with van der Waals surface area (Å²) in [7, 11) is 0. The van der Waals surface area contributed by atoms with Crippen molar-refractivity contribution in [3.63, 3.8) is 0 Å². The molecule has 0 spiro atoms. The predicted molar refractivity (Wildman–Crippen MR) is 93.2 cm³/mol. The van der Waals surface area contributed by atoms with E-state index < -0.39 is 35.1 Å². The molecule has 0 saturated carbocycles. The van der Waals surface area contributed by atoms with Gasteiger partial charge in [-0.05, 0) is 31.2 Å². The van der Waals surface area contributed by atoms with Gasteiger partial charge in [-0.1, -0.05) is 6.07 Å². The van der Waals surface area contributed by atoms with Gasteiger partial charge in [0.15, 0.2) is 0 Å². The molecule has 0 aliphatic heterocycles. The second kappa shape index (κ2) is 6.99. The highest BCUT2D eigenvalue weighted by molar-refractivity contribution is 5.81. The summed E-state index contributed by atoms with van der Waals surface area (Å²) in [6.45, 7) is 1.54. The number of aromatic nitrogens is 2. The van der Waals surface area contributed by atoms with Crippen molar-refractivity contribution in [3.05, 3.63) is 75.5 Å². The molecule has 0 bridgehead atoms. The van der Waals surface area contributed by atoms with Crippen LogP contribution in [0.15, 0.2) is 41.2 Å². The first-order valence-corrected chi connectivity index (χ1v) is 7.76. The molecule has 0 fully saturated rings. The number of benzene rings is 1. The van der Waals surface area contributed by atoms with Gasteiger partial charge in [-0.3, -0.25) is 9.59 Å². The molecule has 138 valence electrons. The standard InChI is InChI=1S/C18H14F3N3O2.2H2/c1-9(12-3-2-11(19)8-13(12)20)22-17(25)7-10-6-15-14(24-18(10)26)4-5-16(21)23-15;;/h2-6,8-9H,7H2,1H3,(H,22,25)(H,24,26);2*1H/t9-;;/m0../s1. The number of amides is 1. The Morgan fingerprint density at radius 1 is 1.23 bits per heavy atom. The van der Waals surface area contributed by atoms with Gasteiger partial charge >= 0.3 is 0 Å². The smallest absolute Gasteiger partial charge is 0.252 e. The van der Waals surface area contributed by atoms with Crippen LogP contribution < -0.4 is 10.9 Å². The molecule has 1 aromatic carbocycles. The number of hydrogen-bond donors (Lipinski definition) is 2. The molecular weight excluding hydrogens is 347 g/mol. The zero-order valence-corrected chi connectivity index (χ0v) is 13.6. The Morgan fingerprint density at radius 2 is 2.00 bits per heavy atom. The Kier molecular flexibility index (Phi) is 4.75. The van der Waals surface area contributed by atoms with Crippen LogP contribution in [-0.4, -0.2) is 15.9 Å². The number of fused-ring (bicyclic) bond motifs is 1. The van der Waals surface area contributed by atoms with Crippen molar-refractivity contribution in [3.8, 4) is 0 Å². The average Bonchev–Trinajstić information content (AvgIpc) is 2.55. The summed E-state index contributed by atoms with van der Waals surface area (Å²) >= 11 is 0. The number of halogens is 3. The van der Waals surface area contributed by atoms with E-state index in [-0.39, 0.29) is 25.9 Å². The van der Waals surface area contributed by atoms with Crippen LogP contribution in [-0.2, 0) is 11.2 Å². The Balaban J connectivity index is 0.00000196. The number of H-pyrrole nitrogens is 1. The van der Waals surface area contributed by atoms with Gasteiger partial charge < -0.3 is 10.3 Å². The van der Waals surface area contributed by atoms with Gasteiger partial charge in [-0.15, -0.1) is 0 Å². The molecule has 0 aliphatic carbocycles. The lowest BCUT2D eigenvalue weighted by atomic mass is 10.1. The van der Waals surface area contributed by atoms with E-state index in [0.29, 0.717) is 5.52 Å². The van der Waals surface area contributed by atoms with E-state index in [2.05, 4.69) is 15.3 Å². The highest BCUT2D eigenvalue weighted by Crippen LogP contribution is 2.18. The van der Waals surface area contributed by atoms with Crippen molar-refractivity contribution >= 4 is 16.9 Å². The number of hydrogen-bond acceptors (Lipinski definition) is 3. The van der Waals surface area contributed by atoms with Gasteiger partial charge in [0.25, 0.3) is 5.56 Å². The third-order valence-corrected chi connectivity index (χ3v) is 3.90. The lowest BCUT2D eigenvalue weighted by Crippen LogP contribution is -2.30. The maximum Gasteiger partial charge on any atom is 0.252 e. The fourth-order valence-electron chi connectivity index (χ4n) is 2.63. The number of carbonyl (C=O) groups is 1. The molecule has 0 aliphatic rings. The molecule has 2 N–H and O–H groups in total. The first-order chi connectivity index (χ1) is 12.3. The Labute approximate surface area is 148 Å². The van der Waals surface area contributed by atoms with Gasteiger partial charge in [-0.25, -0.2) is 13.8 Å². The van der Waals surface area contributed by atoms with Crippen LogP contribution in [0.4, 0.5) is 13.2 Å².